The van der Waals surface area contributed by atoms with Crippen molar-refractivity contribution in [1.29, 1.82) is 0 Å². The number of anilines is 1. The van der Waals surface area contributed by atoms with Gasteiger partial charge in [0.05, 0.1) is 16.2 Å². The summed E-state index contributed by atoms with van der Waals surface area (Å²) in [6.07, 6.45) is 2.70. The number of nitrogens with zero attached hydrogens (tertiary/aromatic N) is 1. The van der Waals surface area contributed by atoms with Crippen LogP contribution >= 0.6 is 0 Å². The number of sulfone groups is 1. The number of amides is 2. The van der Waals surface area contributed by atoms with Gasteiger partial charge in [-0.25, -0.2) is 12.8 Å². The summed E-state index contributed by atoms with van der Waals surface area (Å²) in [7, 11) is -3.61. The Morgan fingerprint density at radius 3 is 2.37 bits per heavy atom. The highest BCUT2D eigenvalue weighted by atomic mass is 32.2. The number of primary amides is 1. The molecule has 7 nitrogen and oxygen atoms in total. The molecule has 0 aliphatic carbocycles. The molecule has 1 aromatic heterocycles. The van der Waals surface area contributed by atoms with Crippen molar-refractivity contribution in [2.45, 2.75) is 4.90 Å². The Kier molecular flexibility index (Phi) is 6.44. The van der Waals surface area contributed by atoms with Crippen molar-refractivity contribution in [3.05, 3.63) is 102 Å². The standard InChI is InChI=1S/C26H20FN3O4S/c1-35(33,34)19-9-10-20(21(15-19)16-8-11-23(27)22(14-16)25(28)31)26(32)30-18-6-4-5-17(13-18)24-7-2-3-12-29-24/h2-15H,1H3,(H2,28,31)(H,30,32). The van der Waals surface area contributed by atoms with Crippen LogP contribution in [-0.2, 0) is 9.84 Å². The van der Waals surface area contributed by atoms with E-state index in [1.807, 2.05) is 18.2 Å². The van der Waals surface area contributed by atoms with Crippen LogP contribution in [0.3, 0.4) is 0 Å². The average molecular weight is 490 g/mol. The van der Waals surface area contributed by atoms with E-state index in [0.29, 0.717) is 5.69 Å². The molecular formula is C26H20FN3O4S. The van der Waals surface area contributed by atoms with Crippen molar-refractivity contribution in [3.63, 3.8) is 0 Å². The highest BCUT2D eigenvalue weighted by molar-refractivity contribution is 7.90. The van der Waals surface area contributed by atoms with Crippen LogP contribution in [0.2, 0.25) is 0 Å². The predicted octanol–water partition coefficient (Wildman–Crippen LogP) is 4.31. The van der Waals surface area contributed by atoms with Gasteiger partial charge in [-0.3, -0.25) is 14.6 Å². The van der Waals surface area contributed by atoms with E-state index in [-0.39, 0.29) is 27.1 Å². The molecule has 0 atom stereocenters. The van der Waals surface area contributed by atoms with Crippen LogP contribution in [-0.4, -0.2) is 31.5 Å². The minimum atomic E-state index is -3.61. The maximum Gasteiger partial charge on any atom is 0.256 e. The molecule has 176 valence electrons. The first kappa shape index (κ1) is 23.8. The van der Waals surface area contributed by atoms with Gasteiger partial charge >= 0.3 is 0 Å². The van der Waals surface area contributed by atoms with Crippen LogP contribution in [0.4, 0.5) is 10.1 Å². The molecule has 35 heavy (non-hydrogen) atoms. The number of carbonyl (C=O) groups excluding carboxylic acids is 2. The van der Waals surface area contributed by atoms with Crippen molar-refractivity contribution < 1.29 is 22.4 Å². The lowest BCUT2D eigenvalue weighted by Gasteiger charge is -2.14. The van der Waals surface area contributed by atoms with Crippen LogP contribution in [0, 0.1) is 5.82 Å². The van der Waals surface area contributed by atoms with Crippen LogP contribution in [0.15, 0.2) is 90.0 Å². The molecule has 0 saturated carbocycles. The molecular weight excluding hydrogens is 469 g/mol. The Morgan fingerprint density at radius 1 is 0.886 bits per heavy atom. The summed E-state index contributed by atoms with van der Waals surface area (Å²) in [6, 6.07) is 20.2. The van der Waals surface area contributed by atoms with Gasteiger partial charge in [-0.1, -0.05) is 24.3 Å². The molecule has 0 spiro atoms. The maximum absolute atomic E-state index is 14.0. The molecule has 0 unspecified atom stereocenters. The summed E-state index contributed by atoms with van der Waals surface area (Å²) < 4.78 is 38.3. The largest absolute Gasteiger partial charge is 0.366 e. The lowest BCUT2D eigenvalue weighted by atomic mass is 9.97. The molecule has 1 heterocycles. The number of rotatable bonds is 6. The zero-order valence-corrected chi connectivity index (χ0v) is 19.3. The summed E-state index contributed by atoms with van der Waals surface area (Å²) in [5.41, 5.74) is 7.50. The molecule has 2 amide bonds. The van der Waals surface area contributed by atoms with Crippen LogP contribution in [0.5, 0.6) is 0 Å². The summed E-state index contributed by atoms with van der Waals surface area (Å²) in [5.74, 6) is -2.33. The summed E-state index contributed by atoms with van der Waals surface area (Å²) in [5, 5.41) is 2.80. The van der Waals surface area contributed by atoms with Gasteiger partial charge in [0, 0.05) is 29.3 Å². The van der Waals surface area contributed by atoms with E-state index >= 15 is 0 Å². The van der Waals surface area contributed by atoms with E-state index < -0.39 is 27.5 Å². The molecule has 3 N–H and O–H groups in total. The lowest BCUT2D eigenvalue weighted by Crippen LogP contribution is -2.15. The van der Waals surface area contributed by atoms with Gasteiger partial charge in [-0.2, -0.15) is 0 Å². The summed E-state index contributed by atoms with van der Waals surface area (Å²) >= 11 is 0. The molecule has 0 bridgehead atoms. The highest BCUT2D eigenvalue weighted by Crippen LogP contribution is 2.30. The molecule has 0 aliphatic rings. The third kappa shape index (κ3) is 5.25. The topological polar surface area (TPSA) is 119 Å². The molecule has 0 radical (unpaired) electrons. The van der Waals surface area contributed by atoms with Gasteiger partial charge in [0.25, 0.3) is 11.8 Å². The summed E-state index contributed by atoms with van der Waals surface area (Å²) in [6.45, 7) is 0. The predicted molar refractivity (Wildman–Crippen MR) is 131 cm³/mol. The molecule has 0 saturated heterocycles. The third-order valence-electron chi connectivity index (χ3n) is 5.29. The monoisotopic (exact) mass is 489 g/mol. The second kappa shape index (κ2) is 9.47. The number of pyridine rings is 1. The van der Waals surface area contributed by atoms with E-state index in [4.69, 9.17) is 5.73 Å². The van der Waals surface area contributed by atoms with Gasteiger partial charge < -0.3 is 11.1 Å². The van der Waals surface area contributed by atoms with Crippen molar-refractivity contribution >= 4 is 27.3 Å². The SMILES string of the molecule is CS(=O)(=O)c1ccc(C(=O)Nc2cccc(-c3ccccn3)c2)c(-c2ccc(F)c(C(N)=O)c2)c1. The minimum absolute atomic E-state index is 0.0360. The van der Waals surface area contributed by atoms with Crippen molar-refractivity contribution in [2.24, 2.45) is 5.73 Å². The fraction of sp³-hybridized carbons (Fsp3) is 0.0385. The highest BCUT2D eigenvalue weighted by Gasteiger charge is 2.19. The molecule has 4 aromatic rings. The Labute approximate surface area is 201 Å². The number of nitrogens with one attached hydrogen (secondary N) is 1. The normalized spacial score (nSPS) is 11.1. The molecule has 9 heteroatoms. The van der Waals surface area contributed by atoms with Crippen molar-refractivity contribution in [2.75, 3.05) is 11.6 Å². The molecule has 4 rings (SSSR count). The van der Waals surface area contributed by atoms with Gasteiger partial charge in [-0.05, 0) is 65.7 Å². The lowest BCUT2D eigenvalue weighted by molar-refractivity contribution is 0.0994. The van der Waals surface area contributed by atoms with Crippen LogP contribution in [0.25, 0.3) is 22.4 Å². The Bertz CT molecular complexity index is 1550. The first-order chi connectivity index (χ1) is 16.6. The number of hydrogen-bond acceptors (Lipinski definition) is 5. The molecule has 0 fully saturated rings. The molecule has 3 aromatic carbocycles. The smallest absolute Gasteiger partial charge is 0.256 e. The number of hydrogen-bond donors (Lipinski definition) is 2. The van der Waals surface area contributed by atoms with E-state index in [2.05, 4.69) is 10.3 Å². The number of halogens is 1. The second-order valence-electron chi connectivity index (χ2n) is 7.79. The average Bonchev–Trinajstić information content (AvgIpc) is 2.84. The zero-order valence-electron chi connectivity index (χ0n) is 18.5. The van der Waals surface area contributed by atoms with Gasteiger partial charge in [0.15, 0.2) is 9.84 Å². The third-order valence-corrected chi connectivity index (χ3v) is 6.40. The molecule has 0 aliphatic heterocycles. The van der Waals surface area contributed by atoms with E-state index in [9.17, 15) is 22.4 Å². The zero-order chi connectivity index (χ0) is 25.2. The first-order valence-corrected chi connectivity index (χ1v) is 12.3. The van der Waals surface area contributed by atoms with E-state index in [1.165, 1.54) is 30.3 Å². The van der Waals surface area contributed by atoms with Gasteiger partial charge in [-0.15, -0.1) is 0 Å². The van der Waals surface area contributed by atoms with Crippen molar-refractivity contribution in [3.8, 4) is 22.4 Å². The number of aromatic nitrogens is 1. The van der Waals surface area contributed by atoms with E-state index in [0.717, 1.165) is 23.6 Å². The minimum Gasteiger partial charge on any atom is -0.366 e. The van der Waals surface area contributed by atoms with Crippen LogP contribution in [0.1, 0.15) is 20.7 Å². The van der Waals surface area contributed by atoms with E-state index in [1.54, 1.807) is 30.5 Å². The van der Waals surface area contributed by atoms with Gasteiger partial charge in [0.1, 0.15) is 5.82 Å². The fourth-order valence-electron chi connectivity index (χ4n) is 3.56. The Hall–Kier alpha value is -4.37. The van der Waals surface area contributed by atoms with Gasteiger partial charge in [0.2, 0.25) is 0 Å². The number of benzene rings is 3. The maximum atomic E-state index is 14.0. The quantitative estimate of drug-likeness (QED) is 0.418. The number of carbonyl (C=O) groups is 2. The second-order valence-corrected chi connectivity index (χ2v) is 9.80. The first-order valence-electron chi connectivity index (χ1n) is 10.4. The Balaban J connectivity index is 1.77. The summed E-state index contributed by atoms with van der Waals surface area (Å²) in [4.78, 5) is 29.2. The number of nitrogens with two attached hydrogens (primary N) is 1. The fourth-order valence-corrected chi connectivity index (χ4v) is 4.21. The van der Waals surface area contributed by atoms with Crippen LogP contribution < -0.4 is 11.1 Å². The van der Waals surface area contributed by atoms with Crippen molar-refractivity contribution in [1.82, 2.24) is 4.98 Å². The Morgan fingerprint density at radius 2 is 1.69 bits per heavy atom.